The third kappa shape index (κ3) is 5.27. The number of amides is 1. The van der Waals surface area contributed by atoms with Gasteiger partial charge in [0.2, 0.25) is 0 Å². The fraction of sp³-hybridized carbons (Fsp3) is 0.444. The van der Waals surface area contributed by atoms with Crippen LogP contribution in [-0.4, -0.2) is 47.3 Å². The highest BCUT2D eigenvalue weighted by atomic mass is 16.5. The molecule has 2 aromatic carbocycles. The van der Waals surface area contributed by atoms with Gasteiger partial charge in [-0.15, -0.1) is 0 Å². The normalized spacial score (nSPS) is 15.7. The van der Waals surface area contributed by atoms with Crippen LogP contribution in [0.3, 0.4) is 0 Å². The van der Waals surface area contributed by atoms with Crippen molar-refractivity contribution in [2.75, 3.05) is 56.5 Å². The first kappa shape index (κ1) is 23.0. The number of ether oxygens (including phenoxy) is 2. The van der Waals surface area contributed by atoms with E-state index in [1.54, 1.807) is 14.2 Å². The van der Waals surface area contributed by atoms with Crippen molar-refractivity contribution < 1.29 is 14.3 Å². The number of hydrogen-bond acceptors (Lipinski definition) is 5. The molecule has 0 bridgehead atoms. The van der Waals surface area contributed by atoms with Crippen molar-refractivity contribution >= 4 is 23.0 Å². The monoisotopic (exact) mass is 449 g/mol. The lowest BCUT2D eigenvalue weighted by Crippen LogP contribution is -2.21. The Hall–Kier alpha value is -3.15. The van der Waals surface area contributed by atoms with Gasteiger partial charge in [0, 0.05) is 44.5 Å². The fourth-order valence-corrected chi connectivity index (χ4v) is 4.87. The molecule has 0 spiro atoms. The molecular weight excluding hydrogens is 414 g/mol. The van der Waals surface area contributed by atoms with E-state index in [2.05, 4.69) is 33.3 Å². The van der Waals surface area contributed by atoms with Gasteiger partial charge in [-0.2, -0.15) is 0 Å². The van der Waals surface area contributed by atoms with Gasteiger partial charge in [0.15, 0.2) is 0 Å². The highest BCUT2D eigenvalue weighted by Crippen LogP contribution is 2.35. The maximum absolute atomic E-state index is 13.4. The van der Waals surface area contributed by atoms with E-state index in [1.165, 1.54) is 24.1 Å². The Morgan fingerprint density at radius 1 is 0.970 bits per heavy atom. The van der Waals surface area contributed by atoms with Gasteiger partial charge in [0.1, 0.15) is 11.5 Å². The summed E-state index contributed by atoms with van der Waals surface area (Å²) in [6, 6.07) is 12.3. The van der Waals surface area contributed by atoms with Crippen LogP contribution in [-0.2, 0) is 11.2 Å². The van der Waals surface area contributed by atoms with Crippen molar-refractivity contribution in [3.8, 4) is 11.5 Å². The van der Waals surface area contributed by atoms with E-state index in [0.717, 1.165) is 72.8 Å². The summed E-state index contributed by atoms with van der Waals surface area (Å²) in [7, 11) is 7.34. The Kier molecular flexibility index (Phi) is 7.11. The van der Waals surface area contributed by atoms with Crippen LogP contribution >= 0.6 is 0 Å². The summed E-state index contributed by atoms with van der Waals surface area (Å²) >= 11 is 0. The zero-order valence-electron chi connectivity index (χ0n) is 20.2. The van der Waals surface area contributed by atoms with Crippen LogP contribution in [0.15, 0.2) is 47.5 Å². The van der Waals surface area contributed by atoms with Gasteiger partial charge in [-0.05, 0) is 74.4 Å². The topological polar surface area (TPSA) is 54.0 Å². The lowest BCUT2D eigenvalue weighted by atomic mass is 10.0. The van der Waals surface area contributed by atoms with Gasteiger partial charge in [-0.25, -0.2) is 0 Å². The summed E-state index contributed by atoms with van der Waals surface area (Å²) in [5.74, 6) is 1.55. The maximum atomic E-state index is 13.4. The van der Waals surface area contributed by atoms with Crippen molar-refractivity contribution in [2.24, 2.45) is 0 Å². The average Bonchev–Trinajstić information content (AvgIpc) is 3.51. The minimum Gasteiger partial charge on any atom is -0.497 e. The van der Waals surface area contributed by atoms with Gasteiger partial charge >= 0.3 is 0 Å². The molecule has 1 aliphatic heterocycles. The molecule has 0 radical (unpaired) electrons. The van der Waals surface area contributed by atoms with E-state index < -0.39 is 0 Å². The largest absolute Gasteiger partial charge is 0.497 e. The fourth-order valence-electron chi connectivity index (χ4n) is 4.87. The van der Waals surface area contributed by atoms with Crippen LogP contribution in [0.1, 0.15) is 37.7 Å². The molecule has 2 aromatic rings. The smallest absolute Gasteiger partial charge is 0.251 e. The zero-order valence-corrected chi connectivity index (χ0v) is 20.2. The lowest BCUT2D eigenvalue weighted by molar-refractivity contribution is -0.113. The number of nitrogens with zero attached hydrogens (tertiary/aromatic N) is 2. The Labute approximate surface area is 197 Å². The molecular formula is C27H35N3O3. The molecule has 1 saturated heterocycles. The number of anilines is 3. The van der Waals surface area contributed by atoms with E-state index in [1.807, 2.05) is 32.3 Å². The van der Waals surface area contributed by atoms with Crippen LogP contribution in [0.4, 0.5) is 17.1 Å². The number of allylic oxidation sites excluding steroid dienone is 1. The second-order valence-corrected chi connectivity index (χ2v) is 9.08. The molecule has 4 rings (SSSR count). The van der Waals surface area contributed by atoms with Crippen molar-refractivity contribution in [3.05, 3.63) is 53.1 Å². The Morgan fingerprint density at radius 3 is 2.30 bits per heavy atom. The van der Waals surface area contributed by atoms with Crippen molar-refractivity contribution in [3.63, 3.8) is 0 Å². The molecule has 0 saturated carbocycles. The molecule has 0 unspecified atom stereocenters. The van der Waals surface area contributed by atoms with Gasteiger partial charge in [0.05, 0.1) is 25.6 Å². The lowest BCUT2D eigenvalue weighted by Gasteiger charge is -2.23. The second-order valence-electron chi connectivity index (χ2n) is 9.08. The summed E-state index contributed by atoms with van der Waals surface area (Å²) in [6.07, 6.45) is 5.94. The highest BCUT2D eigenvalue weighted by Gasteiger charge is 2.23. The van der Waals surface area contributed by atoms with Crippen LogP contribution in [0.2, 0.25) is 0 Å². The first-order valence-corrected chi connectivity index (χ1v) is 11.8. The minimum atomic E-state index is 0.0130. The summed E-state index contributed by atoms with van der Waals surface area (Å²) in [6.45, 7) is 2.15. The number of hydrogen-bond donors (Lipinski definition) is 1. The number of rotatable bonds is 8. The number of benzene rings is 2. The molecule has 176 valence electrons. The van der Waals surface area contributed by atoms with Gasteiger partial charge < -0.3 is 24.6 Å². The molecule has 1 aliphatic carbocycles. The first-order chi connectivity index (χ1) is 16.0. The van der Waals surface area contributed by atoms with Crippen molar-refractivity contribution in [2.45, 2.75) is 38.5 Å². The molecule has 33 heavy (non-hydrogen) atoms. The Balaban J connectivity index is 1.58. The Morgan fingerprint density at radius 2 is 1.67 bits per heavy atom. The maximum Gasteiger partial charge on any atom is 0.251 e. The highest BCUT2D eigenvalue weighted by molar-refractivity contribution is 6.06. The predicted molar refractivity (Wildman–Crippen MR) is 135 cm³/mol. The molecule has 0 atom stereocenters. The summed E-state index contributed by atoms with van der Waals surface area (Å²) < 4.78 is 10.8. The van der Waals surface area contributed by atoms with E-state index >= 15 is 0 Å². The molecule has 1 N–H and O–H groups in total. The molecule has 1 heterocycles. The third-order valence-electron chi connectivity index (χ3n) is 6.62. The number of carbonyl (C=O) groups is 1. The molecule has 1 fully saturated rings. The molecule has 1 amide bonds. The van der Waals surface area contributed by atoms with E-state index in [4.69, 9.17) is 9.47 Å². The molecule has 0 aromatic heterocycles. The van der Waals surface area contributed by atoms with Crippen LogP contribution in [0.25, 0.3) is 0 Å². The van der Waals surface area contributed by atoms with E-state index in [-0.39, 0.29) is 5.91 Å². The SMILES string of the molecule is COc1cc(CC2=C(C(=O)Nc3cc(N4CCCC4)ccc3N(C)C)CCC2)cc(OC)c1. The Bertz CT molecular complexity index is 1020. The van der Waals surface area contributed by atoms with E-state index in [0.29, 0.717) is 0 Å². The standard InChI is InChI=1S/C27H35N3O3/c1-29(2)26-11-10-21(30-12-5-6-13-30)17-25(26)28-27(31)24-9-7-8-20(24)14-19-15-22(32-3)18-23(16-19)33-4/h10-11,15-18H,5-9,12-14H2,1-4H3,(H,28,31). The summed E-state index contributed by atoms with van der Waals surface area (Å²) in [5.41, 5.74) is 6.27. The summed E-state index contributed by atoms with van der Waals surface area (Å²) in [4.78, 5) is 17.9. The minimum absolute atomic E-state index is 0.0130. The predicted octanol–water partition coefficient (Wildman–Crippen LogP) is 5.03. The van der Waals surface area contributed by atoms with Gasteiger partial charge in [-0.1, -0.05) is 5.57 Å². The quantitative estimate of drug-likeness (QED) is 0.612. The van der Waals surface area contributed by atoms with Crippen LogP contribution < -0.4 is 24.6 Å². The van der Waals surface area contributed by atoms with Gasteiger partial charge in [0.25, 0.3) is 5.91 Å². The first-order valence-electron chi connectivity index (χ1n) is 11.8. The van der Waals surface area contributed by atoms with Gasteiger partial charge in [-0.3, -0.25) is 4.79 Å². The van der Waals surface area contributed by atoms with Crippen molar-refractivity contribution in [1.82, 2.24) is 0 Å². The molecule has 6 heteroatoms. The molecule has 2 aliphatic rings. The van der Waals surface area contributed by atoms with Crippen LogP contribution in [0.5, 0.6) is 11.5 Å². The van der Waals surface area contributed by atoms with Crippen molar-refractivity contribution in [1.29, 1.82) is 0 Å². The number of methoxy groups -OCH3 is 2. The summed E-state index contributed by atoms with van der Waals surface area (Å²) in [5, 5.41) is 3.24. The van der Waals surface area contributed by atoms with E-state index in [9.17, 15) is 4.79 Å². The van der Waals surface area contributed by atoms with Crippen LogP contribution in [0, 0.1) is 0 Å². The second kappa shape index (κ2) is 10.2. The zero-order chi connectivity index (χ0) is 23.4. The molecule has 6 nitrogen and oxygen atoms in total. The number of nitrogens with one attached hydrogen (secondary N) is 1. The number of carbonyl (C=O) groups excluding carboxylic acids is 1. The average molecular weight is 450 g/mol. The third-order valence-corrected chi connectivity index (χ3v) is 6.62.